The summed E-state index contributed by atoms with van der Waals surface area (Å²) in [4.78, 5) is 18.5. The van der Waals surface area contributed by atoms with Crippen LogP contribution in [-0.2, 0) is 14.8 Å². The maximum atomic E-state index is 14.7. The number of hydrogen-bond donors (Lipinski definition) is 2. The van der Waals surface area contributed by atoms with Crippen molar-refractivity contribution >= 4 is 33.0 Å². The summed E-state index contributed by atoms with van der Waals surface area (Å²) in [6, 6.07) is 10.9. The SMILES string of the molecule is COc1ncc(NC(=O)c2ccc(N3CCOCC3)c(F)c2)cc1S(=O)(=O)Nc1c(C)cccc1C. The molecule has 9 nitrogen and oxygen atoms in total. The number of sulfonamides is 1. The topological polar surface area (TPSA) is 110 Å². The molecule has 11 heteroatoms. The molecule has 1 saturated heterocycles. The third kappa shape index (κ3) is 5.42. The van der Waals surface area contributed by atoms with Gasteiger partial charge in [-0.05, 0) is 49.2 Å². The smallest absolute Gasteiger partial charge is 0.267 e. The average Bonchev–Trinajstić information content (AvgIpc) is 2.86. The fourth-order valence-electron chi connectivity index (χ4n) is 3.92. The highest BCUT2D eigenvalue weighted by Gasteiger charge is 2.24. The molecule has 2 heterocycles. The first-order chi connectivity index (χ1) is 17.2. The van der Waals surface area contributed by atoms with Crippen LogP contribution < -0.4 is 19.7 Å². The van der Waals surface area contributed by atoms with E-state index in [9.17, 15) is 17.6 Å². The van der Waals surface area contributed by atoms with Gasteiger partial charge in [-0.3, -0.25) is 9.52 Å². The first-order valence-electron chi connectivity index (χ1n) is 11.3. The maximum absolute atomic E-state index is 14.7. The minimum Gasteiger partial charge on any atom is -0.480 e. The van der Waals surface area contributed by atoms with Gasteiger partial charge in [0.1, 0.15) is 5.82 Å². The Morgan fingerprint density at radius 2 is 1.81 bits per heavy atom. The Kier molecular flexibility index (Phi) is 7.41. The Bertz CT molecular complexity index is 1370. The van der Waals surface area contributed by atoms with E-state index in [4.69, 9.17) is 9.47 Å². The zero-order chi connectivity index (χ0) is 25.9. The lowest BCUT2D eigenvalue weighted by molar-refractivity contribution is 0.102. The van der Waals surface area contributed by atoms with E-state index < -0.39 is 21.7 Å². The van der Waals surface area contributed by atoms with Gasteiger partial charge in [0, 0.05) is 18.7 Å². The summed E-state index contributed by atoms with van der Waals surface area (Å²) in [6.07, 6.45) is 1.27. The van der Waals surface area contributed by atoms with Crippen molar-refractivity contribution in [2.75, 3.05) is 48.4 Å². The standard InChI is InChI=1S/C25H27FN4O5S/c1-16-5-4-6-17(2)23(16)29-36(32,33)22-14-19(15-27-25(22)34-3)28-24(31)18-7-8-21(20(26)13-18)30-9-11-35-12-10-30/h4-8,13-15,29H,9-12H2,1-3H3,(H,28,31). The van der Waals surface area contributed by atoms with Crippen LogP contribution in [0.4, 0.5) is 21.5 Å². The molecule has 190 valence electrons. The van der Waals surface area contributed by atoms with Crippen LogP contribution in [0.1, 0.15) is 21.5 Å². The highest BCUT2D eigenvalue weighted by atomic mass is 32.2. The molecule has 4 rings (SSSR count). The van der Waals surface area contributed by atoms with Crippen molar-refractivity contribution in [1.82, 2.24) is 4.98 Å². The average molecular weight is 515 g/mol. The van der Waals surface area contributed by atoms with E-state index in [1.54, 1.807) is 32.0 Å². The predicted octanol–water partition coefficient (Wildman–Crippen LogP) is 3.74. The van der Waals surface area contributed by atoms with Crippen LogP contribution >= 0.6 is 0 Å². The van der Waals surface area contributed by atoms with Gasteiger partial charge in [-0.1, -0.05) is 18.2 Å². The summed E-state index contributed by atoms with van der Waals surface area (Å²) in [5.74, 6) is -1.27. The van der Waals surface area contributed by atoms with E-state index in [0.29, 0.717) is 37.7 Å². The number of benzene rings is 2. The second-order valence-electron chi connectivity index (χ2n) is 8.32. The van der Waals surface area contributed by atoms with Crippen molar-refractivity contribution in [3.05, 3.63) is 71.2 Å². The van der Waals surface area contributed by atoms with Crippen LogP contribution in [0.3, 0.4) is 0 Å². The number of nitrogens with zero attached hydrogens (tertiary/aromatic N) is 2. The fourth-order valence-corrected chi connectivity index (χ4v) is 5.27. The predicted molar refractivity (Wildman–Crippen MR) is 135 cm³/mol. The Balaban J connectivity index is 1.57. The molecular weight excluding hydrogens is 487 g/mol. The van der Waals surface area contributed by atoms with Crippen LogP contribution in [0.5, 0.6) is 5.88 Å². The lowest BCUT2D eigenvalue weighted by Crippen LogP contribution is -2.36. The molecule has 2 N–H and O–H groups in total. The van der Waals surface area contributed by atoms with E-state index in [2.05, 4.69) is 15.0 Å². The molecule has 2 aromatic carbocycles. The molecule has 36 heavy (non-hydrogen) atoms. The van der Waals surface area contributed by atoms with Crippen LogP contribution in [0, 0.1) is 19.7 Å². The molecule has 1 aromatic heterocycles. The number of aromatic nitrogens is 1. The summed E-state index contributed by atoms with van der Waals surface area (Å²) in [5, 5.41) is 2.59. The van der Waals surface area contributed by atoms with Gasteiger partial charge in [0.05, 0.1) is 43.6 Å². The monoisotopic (exact) mass is 514 g/mol. The van der Waals surface area contributed by atoms with Gasteiger partial charge < -0.3 is 19.7 Å². The van der Waals surface area contributed by atoms with Crippen molar-refractivity contribution in [3.8, 4) is 5.88 Å². The van der Waals surface area contributed by atoms with Crippen molar-refractivity contribution < 1.29 is 27.1 Å². The van der Waals surface area contributed by atoms with Crippen molar-refractivity contribution in [1.29, 1.82) is 0 Å². The van der Waals surface area contributed by atoms with E-state index in [1.165, 1.54) is 25.4 Å². The van der Waals surface area contributed by atoms with E-state index in [0.717, 1.165) is 17.2 Å². The number of halogens is 1. The number of aryl methyl sites for hydroxylation is 2. The van der Waals surface area contributed by atoms with Crippen LogP contribution in [0.25, 0.3) is 0 Å². The van der Waals surface area contributed by atoms with Crippen LogP contribution in [0.15, 0.2) is 53.6 Å². The number of carbonyl (C=O) groups excluding carboxylic acids is 1. The highest BCUT2D eigenvalue weighted by molar-refractivity contribution is 7.92. The number of amides is 1. The number of rotatable bonds is 7. The van der Waals surface area contributed by atoms with Gasteiger partial charge in [0.15, 0.2) is 4.90 Å². The highest BCUT2D eigenvalue weighted by Crippen LogP contribution is 2.29. The molecule has 0 atom stereocenters. The summed E-state index contributed by atoms with van der Waals surface area (Å²) < 4.78 is 54.2. The molecule has 0 aliphatic carbocycles. The fraction of sp³-hybridized carbons (Fsp3) is 0.280. The Morgan fingerprint density at radius 3 is 2.44 bits per heavy atom. The van der Waals surface area contributed by atoms with Gasteiger partial charge >= 0.3 is 0 Å². The lowest BCUT2D eigenvalue weighted by atomic mass is 10.1. The number of pyridine rings is 1. The second kappa shape index (κ2) is 10.5. The number of morpholine rings is 1. The van der Waals surface area contributed by atoms with Crippen LogP contribution in [0.2, 0.25) is 0 Å². The van der Waals surface area contributed by atoms with Gasteiger partial charge in [0.25, 0.3) is 15.9 Å². The molecular formula is C25H27FN4O5S. The minimum absolute atomic E-state index is 0.0818. The number of ether oxygens (including phenoxy) is 2. The molecule has 1 amide bonds. The number of hydrogen-bond acceptors (Lipinski definition) is 7. The lowest BCUT2D eigenvalue weighted by Gasteiger charge is -2.29. The Labute approximate surface area is 209 Å². The summed E-state index contributed by atoms with van der Waals surface area (Å²) in [7, 11) is -2.81. The largest absolute Gasteiger partial charge is 0.480 e. The number of methoxy groups -OCH3 is 1. The third-order valence-electron chi connectivity index (χ3n) is 5.84. The van der Waals surface area contributed by atoms with Crippen LogP contribution in [-0.4, -0.2) is 52.7 Å². The van der Waals surface area contributed by atoms with E-state index in [-0.39, 0.29) is 22.0 Å². The molecule has 3 aromatic rings. The maximum Gasteiger partial charge on any atom is 0.267 e. The summed E-state index contributed by atoms with van der Waals surface area (Å²) in [5.41, 5.74) is 2.53. The molecule has 1 aliphatic heterocycles. The third-order valence-corrected chi connectivity index (χ3v) is 7.18. The van der Waals surface area contributed by atoms with Gasteiger partial charge in [-0.2, -0.15) is 0 Å². The molecule has 1 fully saturated rings. The molecule has 0 radical (unpaired) electrons. The molecule has 0 spiro atoms. The number of nitrogens with one attached hydrogen (secondary N) is 2. The zero-order valence-electron chi connectivity index (χ0n) is 20.2. The number of carbonyl (C=O) groups is 1. The van der Waals surface area contributed by atoms with E-state index in [1.807, 2.05) is 11.0 Å². The van der Waals surface area contributed by atoms with E-state index >= 15 is 0 Å². The van der Waals surface area contributed by atoms with Gasteiger partial charge in [-0.25, -0.2) is 17.8 Å². The van der Waals surface area contributed by atoms with Gasteiger partial charge in [-0.15, -0.1) is 0 Å². The minimum atomic E-state index is -4.11. The normalized spacial score (nSPS) is 13.8. The summed E-state index contributed by atoms with van der Waals surface area (Å²) in [6.45, 7) is 5.73. The van der Waals surface area contributed by atoms with Crippen molar-refractivity contribution in [2.24, 2.45) is 0 Å². The quantitative estimate of drug-likeness (QED) is 0.494. The second-order valence-corrected chi connectivity index (χ2v) is 9.97. The first kappa shape index (κ1) is 25.4. The number of anilines is 3. The molecule has 0 unspecified atom stereocenters. The Morgan fingerprint density at radius 1 is 1.11 bits per heavy atom. The Hall–Kier alpha value is -3.70. The van der Waals surface area contributed by atoms with Crippen molar-refractivity contribution in [3.63, 3.8) is 0 Å². The zero-order valence-corrected chi connectivity index (χ0v) is 21.0. The molecule has 1 aliphatic rings. The number of para-hydroxylation sites is 1. The molecule has 0 bridgehead atoms. The van der Waals surface area contributed by atoms with Gasteiger partial charge in [0.2, 0.25) is 5.88 Å². The van der Waals surface area contributed by atoms with Crippen molar-refractivity contribution in [2.45, 2.75) is 18.7 Å². The molecule has 0 saturated carbocycles. The summed E-state index contributed by atoms with van der Waals surface area (Å²) >= 11 is 0. The first-order valence-corrected chi connectivity index (χ1v) is 12.7.